The molecule has 0 saturated heterocycles. The third kappa shape index (κ3) is 20.4. The zero-order chi connectivity index (χ0) is 30.5. The smallest absolute Gasteiger partial charge is 0.0858 e. The highest BCUT2D eigenvalue weighted by molar-refractivity contribution is 5.53. The molecule has 0 saturated carbocycles. The van der Waals surface area contributed by atoms with Crippen molar-refractivity contribution in [1.82, 2.24) is 0 Å². The van der Waals surface area contributed by atoms with Crippen LogP contribution in [0.1, 0.15) is 168 Å². The highest BCUT2D eigenvalue weighted by Crippen LogP contribution is 2.24. The van der Waals surface area contributed by atoms with E-state index in [2.05, 4.69) is 53.2 Å². The molecule has 0 radical (unpaired) electrons. The summed E-state index contributed by atoms with van der Waals surface area (Å²) >= 11 is 0. The maximum Gasteiger partial charge on any atom is 0.0858 e. The minimum absolute atomic E-state index is 0.896. The first kappa shape index (κ1) is 37.0. The van der Waals surface area contributed by atoms with Crippen LogP contribution in [-0.2, 0) is 0 Å². The van der Waals surface area contributed by atoms with Crippen molar-refractivity contribution < 1.29 is 0 Å². The minimum atomic E-state index is 0.896. The van der Waals surface area contributed by atoms with Crippen LogP contribution in [0.4, 0.5) is 17.1 Å². The lowest BCUT2D eigenvalue weighted by Crippen LogP contribution is -2.25. The van der Waals surface area contributed by atoms with Gasteiger partial charge in [-0.25, -0.2) is 0 Å². The van der Waals surface area contributed by atoms with E-state index < -0.39 is 0 Å². The van der Waals surface area contributed by atoms with Gasteiger partial charge in [-0.15, -0.1) is 0 Å². The minimum Gasteiger partial charge on any atom is -0.372 e. The normalized spacial score (nSPS) is 11.5. The van der Waals surface area contributed by atoms with Gasteiger partial charge in [-0.2, -0.15) is 10.2 Å². The molecule has 0 amide bonds. The predicted octanol–water partition coefficient (Wildman–Crippen LogP) is 14.3. The number of nitrogens with zero attached hydrogens (tertiary/aromatic N) is 3. The van der Waals surface area contributed by atoms with Crippen molar-refractivity contribution in [3.05, 3.63) is 54.6 Å². The number of benzene rings is 2. The molecule has 2 aromatic carbocycles. The predicted molar refractivity (Wildman–Crippen MR) is 191 cm³/mol. The summed E-state index contributed by atoms with van der Waals surface area (Å²) in [6.07, 6.45) is 33.7. The number of hydrogen-bond acceptors (Lipinski definition) is 3. The van der Waals surface area contributed by atoms with Crippen molar-refractivity contribution in [2.24, 2.45) is 10.2 Å². The van der Waals surface area contributed by atoms with Gasteiger partial charge in [0.2, 0.25) is 0 Å². The second kappa shape index (κ2) is 27.4. The number of unbranched alkanes of at least 4 members (excludes halogenated alkanes) is 22. The fraction of sp³-hybridized carbons (Fsp3) is 0.700. The molecule has 43 heavy (non-hydrogen) atoms. The van der Waals surface area contributed by atoms with Gasteiger partial charge in [0, 0.05) is 18.8 Å². The lowest BCUT2D eigenvalue weighted by molar-refractivity contribution is 0.535. The second-order valence-corrected chi connectivity index (χ2v) is 12.8. The van der Waals surface area contributed by atoms with Gasteiger partial charge in [0.15, 0.2) is 0 Å². The molecule has 0 spiro atoms. The van der Waals surface area contributed by atoms with Crippen LogP contribution >= 0.6 is 0 Å². The van der Waals surface area contributed by atoms with E-state index in [4.69, 9.17) is 0 Å². The van der Waals surface area contributed by atoms with E-state index in [0.717, 1.165) is 11.4 Å². The van der Waals surface area contributed by atoms with Crippen molar-refractivity contribution in [2.75, 3.05) is 18.0 Å². The Hall–Kier alpha value is -2.16. The van der Waals surface area contributed by atoms with Crippen LogP contribution in [0.2, 0.25) is 0 Å². The van der Waals surface area contributed by atoms with Gasteiger partial charge in [0.1, 0.15) is 0 Å². The summed E-state index contributed by atoms with van der Waals surface area (Å²) in [5.74, 6) is 0. The Balaban J connectivity index is 1.68. The van der Waals surface area contributed by atoms with Gasteiger partial charge >= 0.3 is 0 Å². The lowest BCUT2D eigenvalue weighted by atomic mass is 10.0. The molecule has 3 nitrogen and oxygen atoms in total. The van der Waals surface area contributed by atoms with E-state index in [1.807, 2.05) is 30.3 Å². The van der Waals surface area contributed by atoms with Crippen LogP contribution in [0.25, 0.3) is 0 Å². The molecule has 0 aliphatic rings. The molecule has 0 aliphatic heterocycles. The van der Waals surface area contributed by atoms with Crippen LogP contribution in [-0.4, -0.2) is 13.1 Å². The molecular formula is C40H67N3. The van der Waals surface area contributed by atoms with E-state index in [1.54, 1.807) is 0 Å². The van der Waals surface area contributed by atoms with Gasteiger partial charge < -0.3 is 4.90 Å². The summed E-state index contributed by atoms with van der Waals surface area (Å²) in [5.41, 5.74) is 3.15. The first-order valence-corrected chi connectivity index (χ1v) is 18.6. The standard InChI is InChI=1S/C40H67N3/c1-3-5-7-9-11-13-15-17-19-21-23-28-36-43(37-29-24-22-20-18-16-14-12-10-8-6-4-2)40-34-32-39(33-35-40)42-41-38-30-26-25-27-31-38/h25-27,30-35H,3-24,28-29,36-37H2,1-2H3. The Bertz CT molecular complexity index is 848. The van der Waals surface area contributed by atoms with Gasteiger partial charge in [0.25, 0.3) is 0 Å². The van der Waals surface area contributed by atoms with Gasteiger partial charge in [-0.1, -0.05) is 173 Å². The summed E-state index contributed by atoms with van der Waals surface area (Å²) in [7, 11) is 0. The first-order valence-electron chi connectivity index (χ1n) is 18.6. The van der Waals surface area contributed by atoms with E-state index in [-0.39, 0.29) is 0 Å². The van der Waals surface area contributed by atoms with Crippen molar-refractivity contribution in [3.8, 4) is 0 Å². The Morgan fingerprint density at radius 3 is 1.07 bits per heavy atom. The highest BCUT2D eigenvalue weighted by atomic mass is 15.1. The van der Waals surface area contributed by atoms with Gasteiger partial charge in [-0.05, 0) is 49.2 Å². The van der Waals surface area contributed by atoms with Crippen LogP contribution < -0.4 is 4.90 Å². The quantitative estimate of drug-likeness (QED) is 0.0685. The molecule has 0 aliphatic carbocycles. The third-order valence-electron chi connectivity index (χ3n) is 8.82. The van der Waals surface area contributed by atoms with E-state index >= 15 is 0 Å². The average molecular weight is 590 g/mol. The largest absolute Gasteiger partial charge is 0.372 e. The molecule has 0 unspecified atom stereocenters. The zero-order valence-corrected chi connectivity index (χ0v) is 28.4. The number of azo groups is 1. The molecule has 3 heteroatoms. The second-order valence-electron chi connectivity index (χ2n) is 12.8. The summed E-state index contributed by atoms with van der Waals surface area (Å²) < 4.78 is 0. The summed E-state index contributed by atoms with van der Waals surface area (Å²) in [5, 5.41) is 8.84. The van der Waals surface area contributed by atoms with Gasteiger partial charge in [-0.3, -0.25) is 0 Å². The van der Waals surface area contributed by atoms with Crippen LogP contribution in [0, 0.1) is 0 Å². The molecule has 0 heterocycles. The summed E-state index contributed by atoms with van der Waals surface area (Å²) in [6, 6.07) is 18.7. The summed E-state index contributed by atoms with van der Waals surface area (Å²) in [6.45, 7) is 6.94. The number of hydrogen-bond donors (Lipinski definition) is 0. The fourth-order valence-corrected chi connectivity index (χ4v) is 6.00. The van der Waals surface area contributed by atoms with E-state index in [9.17, 15) is 0 Å². The van der Waals surface area contributed by atoms with Crippen LogP contribution in [0.5, 0.6) is 0 Å². The average Bonchev–Trinajstić information content (AvgIpc) is 3.04. The van der Waals surface area contributed by atoms with Crippen LogP contribution in [0.15, 0.2) is 64.8 Å². The zero-order valence-electron chi connectivity index (χ0n) is 28.4. The molecule has 0 fully saturated rings. The molecule has 2 aromatic rings. The maximum absolute atomic E-state index is 4.45. The van der Waals surface area contributed by atoms with Crippen molar-refractivity contribution in [1.29, 1.82) is 0 Å². The van der Waals surface area contributed by atoms with E-state index in [1.165, 1.54) is 173 Å². The Morgan fingerprint density at radius 1 is 0.372 bits per heavy atom. The van der Waals surface area contributed by atoms with Crippen molar-refractivity contribution in [2.45, 2.75) is 168 Å². The molecular weight excluding hydrogens is 522 g/mol. The Kier molecular flexibility index (Phi) is 23.6. The first-order chi connectivity index (χ1) is 21.3. The monoisotopic (exact) mass is 590 g/mol. The van der Waals surface area contributed by atoms with Crippen LogP contribution in [0.3, 0.4) is 0 Å². The molecule has 2 rings (SSSR count). The molecule has 0 bridgehead atoms. The number of anilines is 1. The Morgan fingerprint density at radius 2 is 0.698 bits per heavy atom. The highest BCUT2D eigenvalue weighted by Gasteiger charge is 2.07. The fourth-order valence-electron chi connectivity index (χ4n) is 6.00. The van der Waals surface area contributed by atoms with Crippen molar-refractivity contribution in [3.63, 3.8) is 0 Å². The number of rotatable bonds is 29. The molecule has 0 atom stereocenters. The topological polar surface area (TPSA) is 28.0 Å². The van der Waals surface area contributed by atoms with Gasteiger partial charge in [0.05, 0.1) is 11.4 Å². The van der Waals surface area contributed by atoms with Crippen molar-refractivity contribution >= 4 is 17.1 Å². The maximum atomic E-state index is 4.45. The molecule has 242 valence electrons. The SMILES string of the molecule is CCCCCCCCCCCCCCN(CCCCCCCCCCCCCC)c1ccc(N=Nc2ccccc2)cc1. The molecule has 0 N–H and O–H groups in total. The lowest BCUT2D eigenvalue weighted by Gasteiger charge is -2.25. The van der Waals surface area contributed by atoms with E-state index in [0.29, 0.717) is 0 Å². The molecule has 0 aromatic heterocycles. The third-order valence-corrected chi connectivity index (χ3v) is 8.82. The summed E-state index contributed by atoms with van der Waals surface area (Å²) in [4.78, 5) is 2.63. The Labute approximate surface area is 267 Å².